The summed E-state index contributed by atoms with van der Waals surface area (Å²) in [5.74, 6) is 0. The fourth-order valence-electron chi connectivity index (χ4n) is 1.51. The highest BCUT2D eigenvalue weighted by atomic mass is 14.9. The smallest absolute Gasteiger partial charge is 0.0636 e. The van der Waals surface area contributed by atoms with Crippen molar-refractivity contribution in [1.82, 2.24) is 0 Å². The van der Waals surface area contributed by atoms with Gasteiger partial charge in [0.25, 0.3) is 0 Å². The lowest BCUT2D eigenvalue weighted by Gasteiger charge is -2.24. The van der Waals surface area contributed by atoms with E-state index in [0.29, 0.717) is 0 Å². The lowest BCUT2D eigenvalue weighted by Crippen LogP contribution is -2.49. The Morgan fingerprint density at radius 3 is 1.85 bits per heavy atom. The highest BCUT2D eigenvalue weighted by molar-refractivity contribution is 4.75. The largest absolute Gasteiger partial charge is 0.313 e. The van der Waals surface area contributed by atoms with Gasteiger partial charge in [-0.3, -0.25) is 0 Å². The van der Waals surface area contributed by atoms with E-state index in [1.54, 1.807) is 0 Å². The summed E-state index contributed by atoms with van der Waals surface area (Å²) in [6, 6.07) is 0. The second-order valence-electron chi connectivity index (χ2n) is 4.15. The molecule has 0 aromatic heterocycles. The molecule has 4 N–H and O–H groups in total. The summed E-state index contributed by atoms with van der Waals surface area (Å²) in [6.45, 7) is 4.39. The summed E-state index contributed by atoms with van der Waals surface area (Å²) in [6.07, 6.45) is 9.33. The predicted molar refractivity (Wildman–Crippen MR) is 59.4 cm³/mol. The molecule has 0 amide bonds. The molecule has 0 saturated heterocycles. The summed E-state index contributed by atoms with van der Waals surface area (Å²) in [7, 11) is 0. The molecule has 0 aromatic carbocycles. The monoisotopic (exact) mass is 186 g/mol. The molecule has 0 aliphatic heterocycles. The average molecular weight is 186 g/mol. The van der Waals surface area contributed by atoms with Crippen LogP contribution in [0.4, 0.5) is 0 Å². The van der Waals surface area contributed by atoms with Crippen molar-refractivity contribution in [3.05, 3.63) is 0 Å². The van der Waals surface area contributed by atoms with Crippen molar-refractivity contribution in [1.29, 1.82) is 0 Å². The lowest BCUT2D eigenvalue weighted by atomic mass is 9.97. The van der Waals surface area contributed by atoms with Crippen LogP contribution in [0, 0.1) is 0 Å². The summed E-state index contributed by atoms with van der Waals surface area (Å²) in [4.78, 5) is 0. The highest BCUT2D eigenvalue weighted by Crippen LogP contribution is 2.14. The van der Waals surface area contributed by atoms with Gasteiger partial charge in [0.1, 0.15) is 0 Å². The molecule has 0 aromatic rings. The molecule has 0 bridgehead atoms. The van der Waals surface area contributed by atoms with E-state index in [1.165, 1.54) is 32.1 Å². The van der Waals surface area contributed by atoms with E-state index < -0.39 is 5.66 Å². The van der Waals surface area contributed by atoms with E-state index in [2.05, 4.69) is 13.8 Å². The normalized spacial score (nSPS) is 12.0. The summed E-state index contributed by atoms with van der Waals surface area (Å²) < 4.78 is 0. The summed E-state index contributed by atoms with van der Waals surface area (Å²) in [5.41, 5.74) is 11.5. The molecule has 0 heterocycles. The average Bonchev–Trinajstić information content (AvgIpc) is 2.09. The molecular weight excluding hydrogens is 160 g/mol. The first kappa shape index (κ1) is 12.9. The molecule has 0 unspecified atom stereocenters. The minimum atomic E-state index is -0.399. The maximum atomic E-state index is 5.96. The highest BCUT2D eigenvalue weighted by Gasteiger charge is 2.16. The first-order valence-corrected chi connectivity index (χ1v) is 5.70. The van der Waals surface area contributed by atoms with E-state index >= 15 is 0 Å². The molecule has 0 radical (unpaired) electrons. The van der Waals surface area contributed by atoms with Gasteiger partial charge in [-0.2, -0.15) is 0 Å². The van der Waals surface area contributed by atoms with Crippen LogP contribution in [0.15, 0.2) is 0 Å². The molecule has 80 valence electrons. The maximum absolute atomic E-state index is 5.96. The topological polar surface area (TPSA) is 52.0 Å². The van der Waals surface area contributed by atoms with Crippen molar-refractivity contribution < 1.29 is 0 Å². The zero-order valence-electron chi connectivity index (χ0n) is 9.31. The van der Waals surface area contributed by atoms with Crippen LogP contribution >= 0.6 is 0 Å². The second-order valence-corrected chi connectivity index (χ2v) is 4.15. The Bertz CT molecular complexity index is 111. The third kappa shape index (κ3) is 8.26. The molecule has 2 nitrogen and oxygen atoms in total. The van der Waals surface area contributed by atoms with Crippen LogP contribution in [0.1, 0.15) is 65.2 Å². The number of unbranched alkanes of at least 4 members (excludes halogenated alkanes) is 4. The first-order valence-electron chi connectivity index (χ1n) is 5.70. The molecule has 0 rings (SSSR count). The minimum Gasteiger partial charge on any atom is -0.313 e. The Morgan fingerprint density at radius 2 is 1.31 bits per heavy atom. The van der Waals surface area contributed by atoms with Gasteiger partial charge < -0.3 is 11.5 Å². The van der Waals surface area contributed by atoms with Gasteiger partial charge in [0.15, 0.2) is 0 Å². The third-order valence-electron chi connectivity index (χ3n) is 2.49. The van der Waals surface area contributed by atoms with Gasteiger partial charge in [-0.15, -0.1) is 0 Å². The van der Waals surface area contributed by atoms with Crippen LogP contribution in [-0.2, 0) is 0 Å². The van der Waals surface area contributed by atoms with Crippen LogP contribution in [-0.4, -0.2) is 5.66 Å². The van der Waals surface area contributed by atoms with Crippen molar-refractivity contribution in [2.75, 3.05) is 0 Å². The van der Waals surface area contributed by atoms with Gasteiger partial charge in [0.05, 0.1) is 5.66 Å². The zero-order chi connectivity index (χ0) is 10.2. The standard InChI is InChI=1S/C11H26N2/c1-3-5-7-8-10-11(12,13)9-6-4-2/h3-10,12-13H2,1-2H3. The maximum Gasteiger partial charge on any atom is 0.0636 e. The zero-order valence-corrected chi connectivity index (χ0v) is 9.31. The number of rotatable bonds is 8. The molecule has 13 heavy (non-hydrogen) atoms. The number of nitrogens with two attached hydrogens (primary N) is 2. The van der Waals surface area contributed by atoms with E-state index in [1.807, 2.05) is 0 Å². The Kier molecular flexibility index (Phi) is 7.29. The fourth-order valence-corrected chi connectivity index (χ4v) is 1.51. The van der Waals surface area contributed by atoms with E-state index in [9.17, 15) is 0 Å². The SMILES string of the molecule is CCCCCCC(N)(N)CCCC. The molecular formula is C11H26N2. The second kappa shape index (κ2) is 7.34. The van der Waals surface area contributed by atoms with Crippen molar-refractivity contribution >= 4 is 0 Å². The van der Waals surface area contributed by atoms with Crippen molar-refractivity contribution in [2.24, 2.45) is 11.5 Å². The van der Waals surface area contributed by atoms with Crippen LogP contribution < -0.4 is 11.5 Å². The first-order chi connectivity index (χ1) is 6.12. The molecule has 0 fully saturated rings. The Labute approximate surface area is 83.1 Å². The number of hydrogen-bond acceptors (Lipinski definition) is 2. The minimum absolute atomic E-state index is 0.399. The Hall–Kier alpha value is -0.0800. The third-order valence-corrected chi connectivity index (χ3v) is 2.49. The lowest BCUT2D eigenvalue weighted by molar-refractivity contribution is 0.351. The van der Waals surface area contributed by atoms with Gasteiger partial charge in [0, 0.05) is 0 Å². The van der Waals surface area contributed by atoms with Crippen LogP contribution in [0.25, 0.3) is 0 Å². The summed E-state index contributed by atoms with van der Waals surface area (Å²) >= 11 is 0. The van der Waals surface area contributed by atoms with Crippen LogP contribution in [0.3, 0.4) is 0 Å². The van der Waals surface area contributed by atoms with Gasteiger partial charge in [0.2, 0.25) is 0 Å². The van der Waals surface area contributed by atoms with Crippen LogP contribution in [0.5, 0.6) is 0 Å². The van der Waals surface area contributed by atoms with Crippen LogP contribution in [0.2, 0.25) is 0 Å². The van der Waals surface area contributed by atoms with Gasteiger partial charge in [-0.05, 0) is 12.8 Å². The predicted octanol–water partition coefficient (Wildman–Crippen LogP) is 2.76. The van der Waals surface area contributed by atoms with Crippen molar-refractivity contribution in [3.63, 3.8) is 0 Å². The number of hydrogen-bond donors (Lipinski definition) is 2. The van der Waals surface area contributed by atoms with E-state index in [-0.39, 0.29) is 0 Å². The molecule has 0 saturated carbocycles. The Morgan fingerprint density at radius 1 is 0.769 bits per heavy atom. The Balaban J connectivity index is 3.39. The fraction of sp³-hybridized carbons (Fsp3) is 1.00. The molecule has 2 heteroatoms. The molecule has 0 aliphatic carbocycles. The molecule has 0 aliphatic rings. The van der Waals surface area contributed by atoms with Gasteiger partial charge in [-0.25, -0.2) is 0 Å². The van der Waals surface area contributed by atoms with E-state index in [4.69, 9.17) is 11.5 Å². The van der Waals surface area contributed by atoms with Gasteiger partial charge in [-0.1, -0.05) is 52.4 Å². The van der Waals surface area contributed by atoms with E-state index in [0.717, 1.165) is 19.3 Å². The van der Waals surface area contributed by atoms with Crippen molar-refractivity contribution in [2.45, 2.75) is 70.9 Å². The molecule has 0 spiro atoms. The molecule has 0 atom stereocenters. The van der Waals surface area contributed by atoms with Crippen molar-refractivity contribution in [3.8, 4) is 0 Å². The summed E-state index contributed by atoms with van der Waals surface area (Å²) in [5, 5.41) is 0. The quantitative estimate of drug-likeness (QED) is 0.452. The van der Waals surface area contributed by atoms with Gasteiger partial charge >= 0.3 is 0 Å².